The van der Waals surface area contributed by atoms with Gasteiger partial charge in [0, 0.05) is 13.1 Å². The highest BCUT2D eigenvalue weighted by molar-refractivity contribution is 8.06. The van der Waals surface area contributed by atoms with E-state index in [1.807, 2.05) is 0 Å². The summed E-state index contributed by atoms with van der Waals surface area (Å²) in [6, 6.07) is 0. The molecule has 32 heavy (non-hydrogen) atoms. The summed E-state index contributed by atoms with van der Waals surface area (Å²) >= 11 is 0. The van der Waals surface area contributed by atoms with Gasteiger partial charge in [-0.1, -0.05) is 17.0 Å². The monoisotopic (exact) mass is 538 g/mol. The Labute approximate surface area is 173 Å². The first-order valence-electron chi connectivity index (χ1n) is 8.12. The molecule has 1 aliphatic heterocycles. The number of carbonyl (C=O) groups excluding carboxylic acids is 1. The SMILES string of the molecule is O=C(N1CCCCCC1)C(F)(F)S(=O)(=O)NS(=O)(=O)C(F)(F)C(F)(F)C(F)(F)C(F)(F)F. The van der Waals surface area contributed by atoms with Gasteiger partial charge in [-0.15, -0.1) is 0 Å². The Morgan fingerprint density at radius 1 is 0.656 bits per heavy atom. The van der Waals surface area contributed by atoms with Crippen molar-refractivity contribution in [1.82, 2.24) is 9.03 Å². The van der Waals surface area contributed by atoms with Gasteiger partial charge in [0.25, 0.3) is 10.0 Å². The summed E-state index contributed by atoms with van der Waals surface area (Å²) in [7, 11) is -15.1. The van der Waals surface area contributed by atoms with Crippen LogP contribution >= 0.6 is 0 Å². The number of nitrogens with one attached hydrogen (secondary N) is 1. The summed E-state index contributed by atoms with van der Waals surface area (Å²) in [5, 5.41) is -13.5. The zero-order valence-corrected chi connectivity index (χ0v) is 16.8. The van der Waals surface area contributed by atoms with Crippen LogP contribution in [0.1, 0.15) is 25.7 Å². The van der Waals surface area contributed by atoms with E-state index in [1.54, 1.807) is 0 Å². The van der Waals surface area contributed by atoms with Crippen molar-refractivity contribution >= 4 is 26.0 Å². The van der Waals surface area contributed by atoms with Crippen molar-refractivity contribution < 1.29 is 69.9 Å². The lowest BCUT2D eigenvalue weighted by Gasteiger charge is -2.33. The van der Waals surface area contributed by atoms with Crippen molar-refractivity contribution in [3.8, 4) is 0 Å². The van der Waals surface area contributed by atoms with E-state index in [0.29, 0.717) is 12.8 Å². The highest BCUT2D eigenvalue weighted by Crippen LogP contribution is 2.54. The van der Waals surface area contributed by atoms with Crippen LogP contribution in [0, 0.1) is 0 Å². The number of sulfonamides is 2. The molecule has 1 amide bonds. The van der Waals surface area contributed by atoms with Gasteiger partial charge in [-0.3, -0.25) is 4.79 Å². The van der Waals surface area contributed by atoms with Gasteiger partial charge in [0.15, 0.2) is 0 Å². The summed E-state index contributed by atoms with van der Waals surface area (Å²) < 4.78 is 189. The number of likely N-dealkylation sites (tertiary alicyclic amines) is 1. The summed E-state index contributed by atoms with van der Waals surface area (Å²) in [6.45, 7) is -0.967. The van der Waals surface area contributed by atoms with E-state index >= 15 is 0 Å². The lowest BCUT2D eigenvalue weighted by atomic mass is 10.1. The number of halogens is 11. The Bertz CT molecular complexity index is 923. The van der Waals surface area contributed by atoms with Gasteiger partial charge in [0.2, 0.25) is 0 Å². The fourth-order valence-corrected chi connectivity index (χ4v) is 5.17. The molecule has 1 heterocycles. The van der Waals surface area contributed by atoms with Gasteiger partial charge < -0.3 is 4.90 Å². The molecule has 20 heteroatoms. The number of carbonyl (C=O) groups is 1. The lowest BCUT2D eigenvalue weighted by Crippen LogP contribution is -2.66. The molecule has 1 fully saturated rings. The van der Waals surface area contributed by atoms with Crippen molar-refractivity contribution in [2.75, 3.05) is 13.1 Å². The van der Waals surface area contributed by atoms with Gasteiger partial charge in [-0.05, 0) is 12.8 Å². The maximum Gasteiger partial charge on any atom is 0.460 e. The molecule has 0 saturated carbocycles. The van der Waals surface area contributed by atoms with E-state index in [-0.39, 0.29) is 17.7 Å². The number of amides is 1. The molecule has 1 saturated heterocycles. The minimum absolute atomic E-state index is 0.0738. The molecule has 1 rings (SSSR count). The molecule has 1 N–H and O–H groups in total. The second-order valence-corrected chi connectivity index (χ2v) is 10.2. The number of rotatable bonds is 7. The predicted molar refractivity (Wildman–Crippen MR) is 81.9 cm³/mol. The Hall–Kier alpha value is -1.44. The second kappa shape index (κ2) is 8.41. The quantitative estimate of drug-likeness (QED) is 0.503. The van der Waals surface area contributed by atoms with Crippen LogP contribution in [0.5, 0.6) is 0 Å². The maximum atomic E-state index is 14.1. The maximum absolute atomic E-state index is 14.1. The molecule has 0 aromatic rings. The molecular formula is C12H13F11N2O5S2. The molecule has 0 aliphatic carbocycles. The number of nitrogens with zero attached hydrogens (tertiary/aromatic N) is 1. The van der Waals surface area contributed by atoms with Crippen LogP contribution in [-0.2, 0) is 24.8 Å². The van der Waals surface area contributed by atoms with Crippen LogP contribution in [0.2, 0.25) is 0 Å². The van der Waals surface area contributed by atoms with E-state index in [9.17, 15) is 69.9 Å². The third-order valence-corrected chi connectivity index (χ3v) is 7.69. The van der Waals surface area contributed by atoms with E-state index < -0.39 is 71.7 Å². The summed E-state index contributed by atoms with van der Waals surface area (Å²) in [5.74, 6) is -18.3. The van der Waals surface area contributed by atoms with Crippen molar-refractivity contribution in [3.63, 3.8) is 0 Å². The van der Waals surface area contributed by atoms with Crippen LogP contribution < -0.4 is 4.13 Å². The molecule has 0 bridgehead atoms. The average molecular weight is 538 g/mol. The zero-order valence-electron chi connectivity index (χ0n) is 15.2. The van der Waals surface area contributed by atoms with Crippen molar-refractivity contribution in [2.24, 2.45) is 0 Å². The third-order valence-electron chi connectivity index (χ3n) is 4.15. The first-order valence-corrected chi connectivity index (χ1v) is 11.1. The van der Waals surface area contributed by atoms with Gasteiger partial charge in [0.05, 0.1) is 0 Å². The number of hydrogen-bond donors (Lipinski definition) is 1. The molecule has 0 atom stereocenters. The largest absolute Gasteiger partial charge is 0.460 e. The lowest BCUT2D eigenvalue weighted by molar-refractivity contribution is -0.382. The van der Waals surface area contributed by atoms with Crippen LogP contribution in [-0.4, -0.2) is 69.3 Å². The smallest absolute Gasteiger partial charge is 0.336 e. The second-order valence-electron chi connectivity index (χ2n) is 6.48. The minimum Gasteiger partial charge on any atom is -0.336 e. The van der Waals surface area contributed by atoms with Gasteiger partial charge in [-0.2, -0.15) is 48.3 Å². The van der Waals surface area contributed by atoms with E-state index in [1.165, 1.54) is 0 Å². The van der Waals surface area contributed by atoms with Crippen molar-refractivity contribution in [3.05, 3.63) is 0 Å². The Balaban J connectivity index is 3.36. The summed E-state index contributed by atoms with van der Waals surface area (Å²) in [6.07, 6.45) is -6.50. The van der Waals surface area contributed by atoms with Gasteiger partial charge in [-0.25, -0.2) is 16.8 Å². The topological polar surface area (TPSA) is 101 Å². The van der Waals surface area contributed by atoms with Crippen LogP contribution in [0.15, 0.2) is 0 Å². The van der Waals surface area contributed by atoms with E-state index in [4.69, 9.17) is 0 Å². The fourth-order valence-electron chi connectivity index (χ4n) is 2.35. The molecule has 7 nitrogen and oxygen atoms in total. The van der Waals surface area contributed by atoms with Gasteiger partial charge in [0.1, 0.15) is 0 Å². The predicted octanol–water partition coefficient (Wildman–Crippen LogP) is 2.66. The van der Waals surface area contributed by atoms with Gasteiger partial charge >= 0.3 is 44.5 Å². The molecule has 0 aromatic heterocycles. The van der Waals surface area contributed by atoms with Crippen LogP contribution in [0.4, 0.5) is 48.3 Å². The van der Waals surface area contributed by atoms with E-state index in [0.717, 1.165) is 0 Å². The molecule has 190 valence electrons. The van der Waals surface area contributed by atoms with Crippen molar-refractivity contribution in [2.45, 2.75) is 54.2 Å². The molecule has 0 unspecified atom stereocenters. The molecule has 0 aromatic carbocycles. The molecular weight excluding hydrogens is 525 g/mol. The van der Waals surface area contributed by atoms with Crippen molar-refractivity contribution in [1.29, 1.82) is 0 Å². The van der Waals surface area contributed by atoms with E-state index in [2.05, 4.69) is 0 Å². The van der Waals surface area contributed by atoms with Crippen LogP contribution in [0.25, 0.3) is 0 Å². The number of hydrogen-bond acceptors (Lipinski definition) is 5. The summed E-state index contributed by atoms with van der Waals surface area (Å²) in [4.78, 5) is 12.0. The highest BCUT2D eigenvalue weighted by Gasteiger charge is 2.85. The molecule has 0 spiro atoms. The normalized spacial score (nSPS) is 18.4. The fraction of sp³-hybridized carbons (Fsp3) is 0.917. The molecule has 1 aliphatic rings. The van der Waals surface area contributed by atoms with Crippen LogP contribution in [0.3, 0.4) is 0 Å². The zero-order chi connectivity index (χ0) is 25.6. The Kier molecular flexibility index (Phi) is 7.51. The Morgan fingerprint density at radius 3 is 1.44 bits per heavy atom. The average Bonchev–Trinajstić information content (AvgIpc) is 2.87. The first-order chi connectivity index (χ1) is 14.0. The minimum atomic E-state index is -7.93. The first kappa shape index (κ1) is 28.6. The highest BCUT2D eigenvalue weighted by atomic mass is 32.3. The third kappa shape index (κ3) is 4.62. The summed E-state index contributed by atoms with van der Waals surface area (Å²) in [5.41, 5.74) is 0. The Morgan fingerprint density at radius 2 is 1.06 bits per heavy atom. The number of alkyl halides is 11. The molecule has 0 radical (unpaired) electrons. The standard InChI is InChI=1S/C12H13F11N2O5S2/c13-8(14,7(26)25-5-3-1-2-4-6-25)31(27,28)24-32(29,30)12(22,23)10(17,18)9(15,16)11(19,20)21/h24H,1-6H2.